The molecule has 1 fully saturated rings. The SMILES string of the molecule is Cc1cc(N)cc(COC2CCC2)n1. The monoisotopic (exact) mass is 192 g/mol. The fraction of sp³-hybridized carbons (Fsp3) is 0.545. The first-order chi connectivity index (χ1) is 6.74. The molecule has 3 nitrogen and oxygen atoms in total. The van der Waals surface area contributed by atoms with Gasteiger partial charge in [0, 0.05) is 11.4 Å². The maximum Gasteiger partial charge on any atom is 0.0892 e. The number of hydrogen-bond donors (Lipinski definition) is 1. The van der Waals surface area contributed by atoms with Crippen LogP contribution in [0, 0.1) is 6.92 Å². The van der Waals surface area contributed by atoms with Gasteiger partial charge >= 0.3 is 0 Å². The smallest absolute Gasteiger partial charge is 0.0892 e. The highest BCUT2D eigenvalue weighted by Crippen LogP contribution is 2.23. The van der Waals surface area contributed by atoms with Gasteiger partial charge in [0.25, 0.3) is 0 Å². The average molecular weight is 192 g/mol. The minimum atomic E-state index is 0.457. The molecular weight excluding hydrogens is 176 g/mol. The first kappa shape index (κ1) is 9.46. The van der Waals surface area contributed by atoms with E-state index in [2.05, 4.69) is 4.98 Å². The third-order valence-corrected chi connectivity index (χ3v) is 2.55. The number of nitrogen functional groups attached to an aromatic ring is 1. The third-order valence-electron chi connectivity index (χ3n) is 2.55. The van der Waals surface area contributed by atoms with Gasteiger partial charge in [-0.25, -0.2) is 0 Å². The van der Waals surface area contributed by atoms with Crippen LogP contribution < -0.4 is 5.73 Å². The van der Waals surface area contributed by atoms with Gasteiger partial charge in [0.15, 0.2) is 0 Å². The van der Waals surface area contributed by atoms with Gasteiger partial charge in [-0.3, -0.25) is 4.98 Å². The van der Waals surface area contributed by atoms with Crippen molar-refractivity contribution < 1.29 is 4.74 Å². The van der Waals surface area contributed by atoms with Crippen LogP contribution in [0.5, 0.6) is 0 Å². The standard InChI is InChI=1S/C11H16N2O/c1-8-5-9(12)6-10(13-8)7-14-11-3-2-4-11/h5-6,11H,2-4,7H2,1H3,(H2,12,13). The first-order valence-corrected chi connectivity index (χ1v) is 5.09. The van der Waals surface area contributed by atoms with Crippen molar-refractivity contribution in [2.45, 2.75) is 38.9 Å². The zero-order chi connectivity index (χ0) is 9.97. The van der Waals surface area contributed by atoms with E-state index in [1.807, 2.05) is 19.1 Å². The molecule has 1 aromatic rings. The molecule has 0 spiro atoms. The van der Waals surface area contributed by atoms with E-state index in [4.69, 9.17) is 10.5 Å². The number of ether oxygens (including phenoxy) is 1. The molecule has 0 radical (unpaired) electrons. The lowest BCUT2D eigenvalue weighted by Gasteiger charge is -2.25. The lowest BCUT2D eigenvalue weighted by atomic mass is 9.96. The molecule has 0 unspecified atom stereocenters. The fourth-order valence-electron chi connectivity index (χ4n) is 1.58. The zero-order valence-corrected chi connectivity index (χ0v) is 8.49. The highest BCUT2D eigenvalue weighted by atomic mass is 16.5. The Hall–Kier alpha value is -1.09. The van der Waals surface area contributed by atoms with Gasteiger partial charge in [0.1, 0.15) is 0 Å². The van der Waals surface area contributed by atoms with Crippen molar-refractivity contribution in [3.8, 4) is 0 Å². The highest BCUT2D eigenvalue weighted by molar-refractivity contribution is 5.39. The van der Waals surface area contributed by atoms with Crippen molar-refractivity contribution in [1.29, 1.82) is 0 Å². The second-order valence-corrected chi connectivity index (χ2v) is 3.90. The Bertz CT molecular complexity index is 301. The van der Waals surface area contributed by atoms with E-state index in [-0.39, 0.29) is 0 Å². The summed E-state index contributed by atoms with van der Waals surface area (Å²) in [5, 5.41) is 0. The number of nitrogens with two attached hydrogens (primary N) is 1. The molecule has 1 heterocycles. The summed E-state index contributed by atoms with van der Waals surface area (Å²) in [5.41, 5.74) is 8.38. The van der Waals surface area contributed by atoms with E-state index < -0.39 is 0 Å². The van der Waals surface area contributed by atoms with Crippen LogP contribution in [-0.4, -0.2) is 11.1 Å². The van der Waals surface area contributed by atoms with Gasteiger partial charge in [-0.1, -0.05) is 0 Å². The second kappa shape index (κ2) is 3.96. The Balaban J connectivity index is 1.94. The van der Waals surface area contributed by atoms with Crippen molar-refractivity contribution in [2.75, 3.05) is 5.73 Å². The van der Waals surface area contributed by atoms with E-state index >= 15 is 0 Å². The molecule has 76 valence electrons. The third kappa shape index (κ3) is 2.23. The van der Waals surface area contributed by atoms with Crippen LogP contribution in [0.15, 0.2) is 12.1 Å². The maximum absolute atomic E-state index is 5.72. The quantitative estimate of drug-likeness (QED) is 0.797. The molecule has 0 aromatic carbocycles. The van der Waals surface area contributed by atoms with Crippen molar-refractivity contribution in [3.63, 3.8) is 0 Å². The van der Waals surface area contributed by atoms with Crippen LogP contribution in [0.4, 0.5) is 5.69 Å². The van der Waals surface area contributed by atoms with Gasteiger partial charge in [-0.2, -0.15) is 0 Å². The van der Waals surface area contributed by atoms with Crippen molar-refractivity contribution >= 4 is 5.69 Å². The van der Waals surface area contributed by atoms with Gasteiger partial charge in [-0.05, 0) is 38.3 Å². The number of nitrogens with zero attached hydrogens (tertiary/aromatic N) is 1. The van der Waals surface area contributed by atoms with E-state index in [9.17, 15) is 0 Å². The predicted molar refractivity (Wildman–Crippen MR) is 55.8 cm³/mol. The van der Waals surface area contributed by atoms with Crippen LogP contribution >= 0.6 is 0 Å². The summed E-state index contributed by atoms with van der Waals surface area (Å²) < 4.78 is 5.66. The fourth-order valence-corrected chi connectivity index (χ4v) is 1.58. The van der Waals surface area contributed by atoms with E-state index in [1.54, 1.807) is 0 Å². The molecule has 0 bridgehead atoms. The lowest BCUT2D eigenvalue weighted by Crippen LogP contribution is -2.21. The number of rotatable bonds is 3. The molecule has 1 aromatic heterocycles. The summed E-state index contributed by atoms with van der Waals surface area (Å²) in [6.45, 7) is 2.54. The number of pyridine rings is 1. The highest BCUT2D eigenvalue weighted by Gasteiger charge is 2.17. The van der Waals surface area contributed by atoms with Gasteiger partial charge < -0.3 is 10.5 Å². The molecule has 1 aliphatic rings. The van der Waals surface area contributed by atoms with E-state index in [0.717, 1.165) is 17.1 Å². The van der Waals surface area contributed by atoms with Crippen LogP contribution in [0.25, 0.3) is 0 Å². The molecular formula is C11H16N2O. The normalized spacial score (nSPS) is 16.6. The molecule has 2 N–H and O–H groups in total. The Kier molecular flexibility index (Phi) is 2.68. The van der Waals surface area contributed by atoms with E-state index in [0.29, 0.717) is 12.7 Å². The van der Waals surface area contributed by atoms with Crippen molar-refractivity contribution in [1.82, 2.24) is 4.98 Å². The predicted octanol–water partition coefficient (Wildman–Crippen LogP) is 2.04. The summed E-state index contributed by atoms with van der Waals surface area (Å²) in [5.74, 6) is 0. The van der Waals surface area contributed by atoms with Gasteiger partial charge in [-0.15, -0.1) is 0 Å². The van der Waals surface area contributed by atoms with Gasteiger partial charge in [0.05, 0.1) is 18.4 Å². The minimum Gasteiger partial charge on any atom is -0.399 e. The molecule has 0 aliphatic heterocycles. The average Bonchev–Trinajstić information content (AvgIpc) is 1.99. The zero-order valence-electron chi connectivity index (χ0n) is 8.49. The number of aromatic nitrogens is 1. The molecule has 2 rings (SSSR count). The number of hydrogen-bond acceptors (Lipinski definition) is 3. The van der Waals surface area contributed by atoms with E-state index in [1.165, 1.54) is 19.3 Å². The lowest BCUT2D eigenvalue weighted by molar-refractivity contribution is -0.0101. The van der Waals surface area contributed by atoms with Crippen LogP contribution in [0.2, 0.25) is 0 Å². The number of aryl methyl sites for hydroxylation is 1. The topological polar surface area (TPSA) is 48.1 Å². The second-order valence-electron chi connectivity index (χ2n) is 3.90. The summed E-state index contributed by atoms with van der Waals surface area (Å²) in [4.78, 5) is 4.36. The van der Waals surface area contributed by atoms with Crippen LogP contribution in [0.1, 0.15) is 30.7 Å². The van der Waals surface area contributed by atoms with Crippen molar-refractivity contribution in [2.24, 2.45) is 0 Å². The van der Waals surface area contributed by atoms with Crippen molar-refractivity contribution in [3.05, 3.63) is 23.5 Å². The minimum absolute atomic E-state index is 0.457. The summed E-state index contributed by atoms with van der Waals surface area (Å²) >= 11 is 0. The molecule has 1 saturated carbocycles. The first-order valence-electron chi connectivity index (χ1n) is 5.09. The number of anilines is 1. The molecule has 1 aliphatic carbocycles. The summed E-state index contributed by atoms with van der Waals surface area (Å²) in [6, 6.07) is 3.75. The van der Waals surface area contributed by atoms with Gasteiger partial charge in [0.2, 0.25) is 0 Å². The molecule has 0 amide bonds. The largest absolute Gasteiger partial charge is 0.399 e. The molecule has 0 saturated heterocycles. The summed E-state index contributed by atoms with van der Waals surface area (Å²) in [7, 11) is 0. The Morgan fingerprint density at radius 3 is 2.86 bits per heavy atom. The van der Waals surface area contributed by atoms with Crippen LogP contribution in [0.3, 0.4) is 0 Å². The van der Waals surface area contributed by atoms with Crippen LogP contribution in [-0.2, 0) is 11.3 Å². The summed E-state index contributed by atoms with van der Waals surface area (Å²) in [6.07, 6.45) is 4.15. The Morgan fingerprint density at radius 1 is 1.50 bits per heavy atom. The molecule has 0 atom stereocenters. The Morgan fingerprint density at radius 2 is 2.29 bits per heavy atom. The molecule has 3 heteroatoms. The Labute approximate surface area is 84.3 Å². The molecule has 14 heavy (non-hydrogen) atoms. The maximum atomic E-state index is 5.72.